The predicted octanol–water partition coefficient (Wildman–Crippen LogP) is 1.37. The Labute approximate surface area is 120 Å². The number of benzene rings is 1. The van der Waals surface area contributed by atoms with Crippen molar-refractivity contribution in [2.75, 3.05) is 6.61 Å². The van der Waals surface area contributed by atoms with Gasteiger partial charge in [0.05, 0.1) is 18.2 Å². The maximum Gasteiger partial charge on any atom is 0.237 e. The van der Waals surface area contributed by atoms with Gasteiger partial charge in [-0.3, -0.25) is 4.79 Å². The van der Waals surface area contributed by atoms with Crippen molar-refractivity contribution in [2.45, 2.75) is 50.1 Å². The molecule has 4 N–H and O–H groups in total. The molecule has 1 aromatic rings. The van der Waals surface area contributed by atoms with E-state index in [0.717, 1.165) is 31.2 Å². The third-order valence-corrected chi connectivity index (χ3v) is 4.14. The second-order valence-corrected chi connectivity index (χ2v) is 5.78. The molecule has 1 fully saturated rings. The van der Waals surface area contributed by atoms with Crippen LogP contribution in [0.1, 0.15) is 37.7 Å². The van der Waals surface area contributed by atoms with Crippen LogP contribution in [0.4, 0.5) is 0 Å². The highest BCUT2D eigenvalue weighted by Crippen LogP contribution is 2.27. The molecule has 0 saturated heterocycles. The summed E-state index contributed by atoms with van der Waals surface area (Å²) < 4.78 is 0. The van der Waals surface area contributed by atoms with E-state index in [1.54, 1.807) is 0 Å². The fraction of sp³-hybridized carbons (Fsp3) is 0.562. The maximum atomic E-state index is 12.2. The van der Waals surface area contributed by atoms with E-state index < -0.39 is 11.6 Å². The van der Waals surface area contributed by atoms with E-state index in [9.17, 15) is 9.90 Å². The zero-order chi connectivity index (χ0) is 14.4. The summed E-state index contributed by atoms with van der Waals surface area (Å²) in [5.41, 5.74) is 6.58. The topological polar surface area (TPSA) is 75.4 Å². The van der Waals surface area contributed by atoms with Crippen LogP contribution in [0.5, 0.6) is 0 Å². The summed E-state index contributed by atoms with van der Waals surface area (Å²) in [4.78, 5) is 12.2. The van der Waals surface area contributed by atoms with Gasteiger partial charge in [-0.15, -0.1) is 0 Å². The lowest BCUT2D eigenvalue weighted by molar-refractivity contribution is -0.125. The number of aliphatic hydroxyl groups excluding tert-OH is 1. The number of hydrogen-bond acceptors (Lipinski definition) is 3. The van der Waals surface area contributed by atoms with Gasteiger partial charge in [0.15, 0.2) is 0 Å². The molecular weight excluding hydrogens is 252 g/mol. The normalized spacial score (nSPS) is 19.3. The lowest BCUT2D eigenvalue weighted by atomic mass is 9.82. The Kier molecular flexibility index (Phi) is 5.15. The molecular formula is C16H24N2O2. The molecule has 2 rings (SSSR count). The standard InChI is InChI=1S/C16H24N2O2/c17-14(11-13-7-3-1-4-8-13)15(20)18-16(12-19)9-5-2-6-10-16/h1,3-4,7-8,14,19H,2,5-6,9-12,17H2,(H,18,20). The van der Waals surface area contributed by atoms with E-state index in [1.807, 2.05) is 30.3 Å². The summed E-state index contributed by atoms with van der Waals surface area (Å²) in [6.45, 7) is -0.00318. The number of amides is 1. The molecule has 1 unspecified atom stereocenters. The van der Waals surface area contributed by atoms with Gasteiger partial charge in [0.25, 0.3) is 0 Å². The Morgan fingerprint density at radius 1 is 1.25 bits per heavy atom. The van der Waals surface area contributed by atoms with Crippen molar-refractivity contribution in [1.29, 1.82) is 0 Å². The molecule has 1 saturated carbocycles. The van der Waals surface area contributed by atoms with Gasteiger partial charge in [-0.25, -0.2) is 0 Å². The Balaban J connectivity index is 1.93. The molecule has 1 aromatic carbocycles. The van der Waals surface area contributed by atoms with Crippen molar-refractivity contribution in [3.05, 3.63) is 35.9 Å². The molecule has 1 amide bonds. The van der Waals surface area contributed by atoms with E-state index >= 15 is 0 Å². The maximum absolute atomic E-state index is 12.2. The molecule has 0 aromatic heterocycles. The number of carbonyl (C=O) groups is 1. The first-order valence-corrected chi connectivity index (χ1v) is 7.38. The van der Waals surface area contributed by atoms with Gasteiger partial charge in [0.1, 0.15) is 0 Å². The number of nitrogens with two attached hydrogens (primary N) is 1. The molecule has 20 heavy (non-hydrogen) atoms. The minimum absolute atomic E-state index is 0.00318. The van der Waals surface area contributed by atoms with Gasteiger partial charge in [-0.2, -0.15) is 0 Å². The molecule has 0 spiro atoms. The molecule has 1 aliphatic rings. The summed E-state index contributed by atoms with van der Waals surface area (Å²) in [5.74, 6) is -0.162. The molecule has 4 nitrogen and oxygen atoms in total. The van der Waals surface area contributed by atoms with Gasteiger partial charge in [-0.1, -0.05) is 49.6 Å². The third-order valence-electron chi connectivity index (χ3n) is 4.14. The van der Waals surface area contributed by atoms with Crippen molar-refractivity contribution in [2.24, 2.45) is 5.73 Å². The van der Waals surface area contributed by atoms with E-state index in [-0.39, 0.29) is 12.5 Å². The molecule has 4 heteroatoms. The van der Waals surface area contributed by atoms with Crippen LogP contribution in [0.15, 0.2) is 30.3 Å². The van der Waals surface area contributed by atoms with Crippen LogP contribution in [0.2, 0.25) is 0 Å². The Morgan fingerprint density at radius 2 is 1.90 bits per heavy atom. The molecule has 0 aliphatic heterocycles. The smallest absolute Gasteiger partial charge is 0.237 e. The lowest BCUT2D eigenvalue weighted by Crippen LogP contribution is -2.57. The van der Waals surface area contributed by atoms with Crippen LogP contribution in [-0.2, 0) is 11.2 Å². The van der Waals surface area contributed by atoms with E-state index in [4.69, 9.17) is 5.73 Å². The SMILES string of the molecule is NC(Cc1ccccc1)C(=O)NC1(CO)CCCCC1. The molecule has 0 heterocycles. The molecule has 1 aliphatic carbocycles. The summed E-state index contributed by atoms with van der Waals surface area (Å²) in [6, 6.07) is 9.19. The van der Waals surface area contributed by atoms with Gasteiger partial charge in [0, 0.05) is 0 Å². The molecule has 110 valence electrons. The molecule has 0 radical (unpaired) electrons. The van der Waals surface area contributed by atoms with E-state index in [1.165, 1.54) is 6.42 Å². The van der Waals surface area contributed by atoms with E-state index in [0.29, 0.717) is 6.42 Å². The fourth-order valence-corrected chi connectivity index (χ4v) is 2.87. The summed E-state index contributed by atoms with van der Waals surface area (Å²) >= 11 is 0. The van der Waals surface area contributed by atoms with Crippen LogP contribution < -0.4 is 11.1 Å². The number of hydrogen-bond donors (Lipinski definition) is 3. The minimum Gasteiger partial charge on any atom is -0.394 e. The zero-order valence-corrected chi connectivity index (χ0v) is 11.8. The second kappa shape index (κ2) is 6.86. The quantitative estimate of drug-likeness (QED) is 0.760. The van der Waals surface area contributed by atoms with Crippen molar-refractivity contribution in [1.82, 2.24) is 5.32 Å². The van der Waals surface area contributed by atoms with Crippen molar-refractivity contribution >= 4 is 5.91 Å². The highest BCUT2D eigenvalue weighted by Gasteiger charge is 2.34. The van der Waals surface area contributed by atoms with Gasteiger partial charge in [-0.05, 0) is 24.8 Å². The zero-order valence-electron chi connectivity index (χ0n) is 11.8. The van der Waals surface area contributed by atoms with Crippen LogP contribution in [0, 0.1) is 0 Å². The second-order valence-electron chi connectivity index (χ2n) is 5.78. The Hall–Kier alpha value is -1.39. The average Bonchev–Trinajstić information content (AvgIpc) is 2.49. The fourth-order valence-electron chi connectivity index (χ4n) is 2.87. The first kappa shape index (κ1) is 15.0. The van der Waals surface area contributed by atoms with Crippen molar-refractivity contribution < 1.29 is 9.90 Å². The highest BCUT2D eigenvalue weighted by molar-refractivity contribution is 5.82. The Morgan fingerprint density at radius 3 is 2.50 bits per heavy atom. The van der Waals surface area contributed by atoms with Crippen molar-refractivity contribution in [3.8, 4) is 0 Å². The summed E-state index contributed by atoms with van der Waals surface area (Å²) in [7, 11) is 0. The van der Waals surface area contributed by atoms with Crippen LogP contribution >= 0.6 is 0 Å². The monoisotopic (exact) mass is 276 g/mol. The average molecular weight is 276 g/mol. The van der Waals surface area contributed by atoms with Crippen LogP contribution in [-0.4, -0.2) is 29.2 Å². The third kappa shape index (κ3) is 3.81. The summed E-state index contributed by atoms with van der Waals surface area (Å²) in [5, 5.41) is 12.6. The first-order chi connectivity index (χ1) is 9.65. The number of nitrogens with one attached hydrogen (secondary N) is 1. The molecule has 1 atom stereocenters. The summed E-state index contributed by atoms with van der Waals surface area (Å²) in [6.07, 6.45) is 5.48. The predicted molar refractivity (Wildman–Crippen MR) is 79.2 cm³/mol. The minimum atomic E-state index is -0.567. The van der Waals surface area contributed by atoms with Gasteiger partial charge < -0.3 is 16.2 Å². The van der Waals surface area contributed by atoms with Gasteiger partial charge in [0.2, 0.25) is 5.91 Å². The largest absolute Gasteiger partial charge is 0.394 e. The van der Waals surface area contributed by atoms with Crippen LogP contribution in [0.3, 0.4) is 0 Å². The lowest BCUT2D eigenvalue weighted by Gasteiger charge is -2.37. The van der Waals surface area contributed by atoms with Crippen molar-refractivity contribution in [3.63, 3.8) is 0 Å². The number of aliphatic hydroxyl groups is 1. The number of carbonyl (C=O) groups excluding carboxylic acids is 1. The molecule has 0 bridgehead atoms. The van der Waals surface area contributed by atoms with Crippen LogP contribution in [0.25, 0.3) is 0 Å². The number of rotatable bonds is 5. The Bertz CT molecular complexity index is 427. The van der Waals surface area contributed by atoms with Gasteiger partial charge >= 0.3 is 0 Å². The highest BCUT2D eigenvalue weighted by atomic mass is 16.3. The first-order valence-electron chi connectivity index (χ1n) is 7.38. The van der Waals surface area contributed by atoms with E-state index in [2.05, 4.69) is 5.32 Å².